The van der Waals surface area contributed by atoms with E-state index in [-0.39, 0.29) is 6.10 Å². The number of esters is 1. The molecular weight excluding hydrogens is 276 g/mol. The molecule has 2 rings (SSSR count). The lowest BCUT2D eigenvalue weighted by Gasteiger charge is -2.22. The molecule has 0 unspecified atom stereocenters. The third-order valence-corrected chi connectivity index (χ3v) is 4.75. The summed E-state index contributed by atoms with van der Waals surface area (Å²) < 4.78 is 23.6. The Morgan fingerprint density at radius 2 is 1.95 bits per heavy atom. The molecule has 1 fully saturated rings. The van der Waals surface area contributed by atoms with Gasteiger partial charge in [-0.1, -0.05) is 25.1 Å². The Kier molecular flexibility index (Phi) is 4.02. The maximum absolute atomic E-state index is 12.7. The van der Waals surface area contributed by atoms with Gasteiger partial charge in [0.15, 0.2) is 0 Å². The van der Waals surface area contributed by atoms with Gasteiger partial charge in [-0.3, -0.25) is 4.21 Å². The molecule has 0 amide bonds. The van der Waals surface area contributed by atoms with Crippen molar-refractivity contribution in [2.24, 2.45) is 0 Å². The zero-order chi connectivity index (χ0) is 15.0. The number of rotatable bonds is 4. The van der Waals surface area contributed by atoms with Crippen LogP contribution in [-0.4, -0.2) is 26.8 Å². The van der Waals surface area contributed by atoms with Gasteiger partial charge in [-0.05, 0) is 39.3 Å². The second kappa shape index (κ2) is 5.30. The summed E-state index contributed by atoms with van der Waals surface area (Å²) >= 11 is 0. The molecule has 1 saturated heterocycles. The zero-order valence-corrected chi connectivity index (χ0v) is 13.0. The Morgan fingerprint density at radius 3 is 2.40 bits per heavy atom. The molecule has 0 aliphatic carbocycles. The predicted molar refractivity (Wildman–Crippen MR) is 76.6 cm³/mol. The standard InChI is InChI=1S/C15H20O4S/c1-5-12-15(18-12,13(16)19-14(2,3)4)20(17)11-9-7-6-8-10-11/h6-10,12H,5H2,1-4H3/t12-,15-,20+/m1/s1. The van der Waals surface area contributed by atoms with Crippen molar-refractivity contribution in [1.82, 2.24) is 0 Å². The lowest BCUT2D eigenvalue weighted by atomic mass is 10.2. The predicted octanol–water partition coefficient (Wildman–Crippen LogP) is 2.64. The molecule has 3 atom stereocenters. The van der Waals surface area contributed by atoms with E-state index >= 15 is 0 Å². The van der Waals surface area contributed by atoms with Crippen LogP contribution in [0.5, 0.6) is 0 Å². The summed E-state index contributed by atoms with van der Waals surface area (Å²) in [5.74, 6) is -0.543. The van der Waals surface area contributed by atoms with Crippen LogP contribution in [0.25, 0.3) is 0 Å². The van der Waals surface area contributed by atoms with E-state index in [0.717, 1.165) is 0 Å². The molecule has 1 heterocycles. The van der Waals surface area contributed by atoms with Gasteiger partial charge in [0.2, 0.25) is 0 Å². The fourth-order valence-electron chi connectivity index (χ4n) is 2.02. The molecule has 0 saturated carbocycles. The van der Waals surface area contributed by atoms with Crippen molar-refractivity contribution in [2.45, 2.75) is 55.6 Å². The molecule has 5 heteroatoms. The Labute approximate surface area is 121 Å². The van der Waals surface area contributed by atoms with Crippen molar-refractivity contribution in [3.05, 3.63) is 30.3 Å². The minimum Gasteiger partial charge on any atom is -0.457 e. The average molecular weight is 296 g/mol. The minimum atomic E-state index is -1.57. The Bertz CT molecular complexity index is 520. The summed E-state index contributed by atoms with van der Waals surface area (Å²) in [6.07, 6.45) is 0.274. The minimum absolute atomic E-state index is 0.349. The van der Waals surface area contributed by atoms with Gasteiger partial charge in [-0.25, -0.2) is 4.79 Å². The summed E-state index contributed by atoms with van der Waals surface area (Å²) in [4.78, 5) is 11.6. The number of epoxide rings is 1. The fraction of sp³-hybridized carbons (Fsp3) is 0.533. The molecule has 0 radical (unpaired) electrons. The van der Waals surface area contributed by atoms with Crippen molar-refractivity contribution >= 4 is 16.8 Å². The first kappa shape index (κ1) is 15.2. The number of ether oxygens (including phenoxy) is 2. The zero-order valence-electron chi connectivity index (χ0n) is 12.2. The van der Waals surface area contributed by atoms with Crippen molar-refractivity contribution in [2.75, 3.05) is 0 Å². The van der Waals surface area contributed by atoms with Crippen LogP contribution in [0.4, 0.5) is 0 Å². The Balaban J connectivity index is 2.28. The molecule has 0 spiro atoms. The van der Waals surface area contributed by atoms with Crippen LogP contribution in [0.2, 0.25) is 0 Å². The van der Waals surface area contributed by atoms with E-state index < -0.39 is 27.3 Å². The van der Waals surface area contributed by atoms with Crippen LogP contribution < -0.4 is 0 Å². The van der Waals surface area contributed by atoms with Gasteiger partial charge >= 0.3 is 5.97 Å². The number of hydrogen-bond acceptors (Lipinski definition) is 4. The topological polar surface area (TPSA) is 55.9 Å². The normalized spacial score (nSPS) is 26.9. The highest BCUT2D eigenvalue weighted by Gasteiger charge is 2.68. The van der Waals surface area contributed by atoms with Gasteiger partial charge < -0.3 is 9.47 Å². The van der Waals surface area contributed by atoms with Crippen LogP contribution in [0.3, 0.4) is 0 Å². The quantitative estimate of drug-likeness (QED) is 0.633. The molecular formula is C15H20O4S. The van der Waals surface area contributed by atoms with Crippen molar-refractivity contribution in [1.29, 1.82) is 0 Å². The fourth-order valence-corrected chi connectivity index (χ4v) is 3.57. The van der Waals surface area contributed by atoms with E-state index in [1.807, 2.05) is 13.0 Å². The Hall–Kier alpha value is -1.20. The molecule has 1 aliphatic rings. The van der Waals surface area contributed by atoms with Gasteiger partial charge in [0.1, 0.15) is 22.5 Å². The molecule has 1 aromatic rings. The summed E-state index contributed by atoms with van der Waals surface area (Å²) in [7, 11) is -1.57. The lowest BCUT2D eigenvalue weighted by Crippen LogP contribution is -2.39. The second-order valence-corrected chi connectivity index (χ2v) is 7.38. The van der Waals surface area contributed by atoms with Crippen LogP contribution >= 0.6 is 0 Å². The molecule has 110 valence electrons. The molecule has 4 nitrogen and oxygen atoms in total. The summed E-state index contributed by atoms with van der Waals surface area (Å²) in [6, 6.07) is 8.89. The van der Waals surface area contributed by atoms with Crippen molar-refractivity contribution < 1.29 is 18.5 Å². The molecule has 0 bridgehead atoms. The number of carbonyl (C=O) groups excluding carboxylic acids is 1. The van der Waals surface area contributed by atoms with Crippen molar-refractivity contribution in [3.63, 3.8) is 0 Å². The summed E-state index contributed by atoms with van der Waals surface area (Å²) in [6.45, 7) is 7.26. The summed E-state index contributed by atoms with van der Waals surface area (Å²) in [5, 5.41) is 0. The molecule has 20 heavy (non-hydrogen) atoms. The van der Waals surface area contributed by atoms with Crippen LogP contribution in [0, 0.1) is 0 Å². The van der Waals surface area contributed by atoms with Gasteiger partial charge in [-0.2, -0.15) is 0 Å². The van der Waals surface area contributed by atoms with E-state index in [4.69, 9.17) is 9.47 Å². The molecule has 0 aromatic heterocycles. The van der Waals surface area contributed by atoms with Crippen LogP contribution in [0.15, 0.2) is 35.2 Å². The molecule has 1 aliphatic heterocycles. The maximum atomic E-state index is 12.7. The number of benzene rings is 1. The highest BCUT2D eigenvalue weighted by molar-refractivity contribution is 7.87. The van der Waals surface area contributed by atoms with Gasteiger partial charge in [0, 0.05) is 4.90 Å². The van der Waals surface area contributed by atoms with Gasteiger partial charge in [-0.15, -0.1) is 0 Å². The Morgan fingerprint density at radius 1 is 1.35 bits per heavy atom. The third kappa shape index (κ3) is 2.79. The maximum Gasteiger partial charge on any atom is 0.355 e. The first-order valence-electron chi connectivity index (χ1n) is 6.69. The van der Waals surface area contributed by atoms with E-state index in [9.17, 15) is 9.00 Å². The largest absolute Gasteiger partial charge is 0.457 e. The van der Waals surface area contributed by atoms with E-state index in [2.05, 4.69) is 0 Å². The van der Waals surface area contributed by atoms with E-state index in [1.54, 1.807) is 45.0 Å². The molecule has 0 N–H and O–H groups in total. The summed E-state index contributed by atoms with van der Waals surface area (Å²) in [5.41, 5.74) is -0.630. The highest BCUT2D eigenvalue weighted by Crippen LogP contribution is 2.46. The van der Waals surface area contributed by atoms with Crippen LogP contribution in [0.1, 0.15) is 34.1 Å². The highest BCUT2D eigenvalue weighted by atomic mass is 32.2. The number of carbonyl (C=O) groups is 1. The van der Waals surface area contributed by atoms with E-state index in [1.165, 1.54) is 0 Å². The first-order chi connectivity index (χ1) is 9.31. The monoisotopic (exact) mass is 296 g/mol. The van der Waals surface area contributed by atoms with Crippen LogP contribution in [-0.2, 0) is 25.1 Å². The van der Waals surface area contributed by atoms with Gasteiger partial charge in [0.05, 0.1) is 0 Å². The molecule has 1 aromatic carbocycles. The van der Waals surface area contributed by atoms with Gasteiger partial charge in [0.25, 0.3) is 4.93 Å². The van der Waals surface area contributed by atoms with E-state index in [0.29, 0.717) is 11.3 Å². The second-order valence-electron chi connectivity index (χ2n) is 5.77. The smallest absolute Gasteiger partial charge is 0.355 e. The average Bonchev–Trinajstić information content (AvgIpc) is 3.13. The third-order valence-electron chi connectivity index (χ3n) is 2.97. The number of hydrogen-bond donors (Lipinski definition) is 0. The first-order valence-corrected chi connectivity index (χ1v) is 7.84. The van der Waals surface area contributed by atoms with Crippen molar-refractivity contribution in [3.8, 4) is 0 Å². The lowest BCUT2D eigenvalue weighted by molar-refractivity contribution is -0.157. The SMILES string of the molecule is CC[C@H]1O[C@@]1(C(=O)OC(C)(C)C)[S@@](=O)c1ccccc1.